The standard InChI is InChI=1S/C35H24BrCl2F5N2O7/c1-52-20-11-14(10-19(36)29(20)47)22-16-6-7-17-21(31(49)44(30(17)48)9-8-13-2-4-15(46)5-3-13)18(16)12-34(37)32(50)45(33(51)35(22,34)38)28-26(42)24(40)23(39)25(41)27(28)43/h2-6,10-11,17-18,21-22,46-47H,7-9,12H2,1H3. The van der Waals surface area contributed by atoms with E-state index in [0.29, 0.717) is 5.56 Å². The maximum Gasteiger partial charge on any atom is 0.258 e. The van der Waals surface area contributed by atoms with Gasteiger partial charge in [-0.2, -0.15) is 0 Å². The highest BCUT2D eigenvalue weighted by Gasteiger charge is 2.77. The van der Waals surface area contributed by atoms with E-state index in [1.807, 2.05) is 0 Å². The van der Waals surface area contributed by atoms with E-state index in [4.69, 9.17) is 27.9 Å². The van der Waals surface area contributed by atoms with Crippen LogP contribution in [-0.4, -0.2) is 62.1 Å². The molecule has 6 unspecified atom stereocenters. The number of imide groups is 2. The number of phenolic OH excluding ortho intramolecular Hbond substituents is 2. The molecule has 3 aromatic carbocycles. The Hall–Kier alpha value is -4.21. The van der Waals surface area contributed by atoms with Crippen molar-refractivity contribution < 1.29 is 56.1 Å². The third-order valence-electron chi connectivity index (χ3n) is 10.5. The highest BCUT2D eigenvalue weighted by atomic mass is 79.9. The Morgan fingerprint density at radius 1 is 0.885 bits per heavy atom. The molecule has 272 valence electrons. The molecule has 0 spiro atoms. The minimum atomic E-state index is -2.73. The Labute approximate surface area is 309 Å². The third kappa shape index (κ3) is 4.84. The van der Waals surface area contributed by atoms with Crippen LogP contribution in [0.5, 0.6) is 17.2 Å². The maximum atomic E-state index is 15.3. The second-order valence-corrected chi connectivity index (χ2v) is 15.1. The Bertz CT molecular complexity index is 2130. The number of methoxy groups -OCH3 is 1. The number of halogens is 8. The first kappa shape index (κ1) is 36.2. The number of amides is 4. The van der Waals surface area contributed by atoms with Gasteiger partial charge in [0, 0.05) is 12.5 Å². The minimum absolute atomic E-state index is 0.0135. The minimum Gasteiger partial charge on any atom is -0.508 e. The molecule has 2 aliphatic carbocycles. The zero-order valence-electron chi connectivity index (χ0n) is 26.5. The molecule has 1 saturated carbocycles. The summed E-state index contributed by atoms with van der Waals surface area (Å²) in [5.74, 6) is -22.0. The number of nitrogens with zero attached hydrogens (tertiary/aromatic N) is 2. The second-order valence-electron chi connectivity index (χ2n) is 13.0. The summed E-state index contributed by atoms with van der Waals surface area (Å²) in [5.41, 5.74) is -0.871. The van der Waals surface area contributed by atoms with Crippen LogP contribution in [-0.2, 0) is 25.6 Å². The van der Waals surface area contributed by atoms with E-state index < -0.39 is 98.2 Å². The molecular weight excluding hydrogens is 806 g/mol. The van der Waals surface area contributed by atoms with E-state index in [2.05, 4.69) is 15.9 Å². The van der Waals surface area contributed by atoms with E-state index in [-0.39, 0.29) is 57.1 Å². The lowest BCUT2D eigenvalue weighted by Gasteiger charge is -2.50. The van der Waals surface area contributed by atoms with Gasteiger partial charge in [-0.05, 0) is 76.5 Å². The van der Waals surface area contributed by atoms with Gasteiger partial charge in [0.25, 0.3) is 11.8 Å². The van der Waals surface area contributed by atoms with Gasteiger partial charge in [-0.1, -0.05) is 23.8 Å². The third-order valence-corrected chi connectivity index (χ3v) is 12.5. The van der Waals surface area contributed by atoms with Crippen molar-refractivity contribution >= 4 is 68.4 Å². The Balaban J connectivity index is 1.38. The van der Waals surface area contributed by atoms with Crippen molar-refractivity contribution in [2.24, 2.45) is 17.8 Å². The van der Waals surface area contributed by atoms with Gasteiger partial charge in [-0.15, -0.1) is 23.2 Å². The fraction of sp³-hybridized carbons (Fsp3) is 0.314. The van der Waals surface area contributed by atoms with E-state index in [1.165, 1.54) is 31.4 Å². The van der Waals surface area contributed by atoms with Gasteiger partial charge in [0.05, 0.1) is 23.4 Å². The number of carbonyl (C=O) groups is 4. The van der Waals surface area contributed by atoms with Crippen molar-refractivity contribution in [2.75, 3.05) is 18.6 Å². The van der Waals surface area contributed by atoms with Gasteiger partial charge in [0.2, 0.25) is 17.6 Å². The molecule has 0 bridgehead atoms. The van der Waals surface area contributed by atoms with Crippen molar-refractivity contribution in [1.82, 2.24) is 4.90 Å². The number of anilines is 1. The average molecular weight is 830 g/mol. The quantitative estimate of drug-likeness (QED) is 0.0740. The van der Waals surface area contributed by atoms with Crippen LogP contribution in [0.2, 0.25) is 0 Å². The Kier molecular flexibility index (Phi) is 8.65. The lowest BCUT2D eigenvalue weighted by molar-refractivity contribution is -0.140. The summed E-state index contributed by atoms with van der Waals surface area (Å²) in [7, 11) is 1.21. The van der Waals surface area contributed by atoms with Gasteiger partial charge < -0.3 is 14.9 Å². The number of alkyl halides is 2. The fourth-order valence-electron chi connectivity index (χ4n) is 8.05. The van der Waals surface area contributed by atoms with Gasteiger partial charge in [0.15, 0.2) is 44.5 Å². The summed E-state index contributed by atoms with van der Waals surface area (Å²) in [6.45, 7) is -0.0417. The number of likely N-dealkylation sites (tertiary alicyclic amines) is 1. The molecule has 4 aliphatic rings. The Morgan fingerprint density at radius 2 is 1.50 bits per heavy atom. The molecule has 2 N–H and O–H groups in total. The van der Waals surface area contributed by atoms with Crippen molar-refractivity contribution in [3.63, 3.8) is 0 Å². The molecule has 2 saturated heterocycles. The maximum absolute atomic E-state index is 15.3. The Morgan fingerprint density at radius 3 is 2.12 bits per heavy atom. The zero-order chi connectivity index (χ0) is 37.8. The van der Waals surface area contributed by atoms with E-state index in [1.54, 1.807) is 18.2 Å². The number of rotatable bonds is 6. The van der Waals surface area contributed by atoms with Crippen LogP contribution in [0.3, 0.4) is 0 Å². The van der Waals surface area contributed by atoms with E-state index >= 15 is 8.78 Å². The summed E-state index contributed by atoms with van der Waals surface area (Å²) < 4.78 is 78.8. The molecule has 2 aliphatic heterocycles. The summed E-state index contributed by atoms with van der Waals surface area (Å²) in [5, 5.41) is 20.2. The van der Waals surface area contributed by atoms with Crippen LogP contribution in [0, 0.1) is 46.8 Å². The van der Waals surface area contributed by atoms with Gasteiger partial charge in [-0.25, -0.2) is 26.9 Å². The molecule has 7 rings (SSSR count). The largest absolute Gasteiger partial charge is 0.508 e. The SMILES string of the molecule is COc1cc(C2C3=CCC4C(=O)N(CCc5ccc(O)cc5)C(=O)C4C3CC3(Cl)C(=O)N(c4c(F)c(F)c(F)c(F)c4F)C(=O)C23Cl)cc(Br)c1O. The first-order valence-electron chi connectivity index (χ1n) is 15.7. The molecule has 0 radical (unpaired) electrons. The molecular formula is C35H24BrCl2F5N2O7. The van der Waals surface area contributed by atoms with Crippen LogP contribution in [0.25, 0.3) is 0 Å². The summed E-state index contributed by atoms with van der Waals surface area (Å²) in [6.07, 6.45) is 1.12. The molecule has 4 amide bonds. The number of benzene rings is 3. The number of allylic oxidation sites excluding steroid dienone is 2. The number of phenols is 2. The van der Waals surface area contributed by atoms with Crippen LogP contribution in [0.1, 0.15) is 29.9 Å². The van der Waals surface area contributed by atoms with Crippen LogP contribution >= 0.6 is 39.1 Å². The van der Waals surface area contributed by atoms with Crippen molar-refractivity contribution in [2.45, 2.75) is 34.9 Å². The fourth-order valence-corrected chi connectivity index (χ4v) is 9.44. The molecule has 2 heterocycles. The van der Waals surface area contributed by atoms with E-state index in [9.17, 15) is 42.6 Å². The normalized spacial score (nSPS) is 28.2. The zero-order valence-corrected chi connectivity index (χ0v) is 29.6. The van der Waals surface area contributed by atoms with Crippen molar-refractivity contribution in [3.05, 3.63) is 92.7 Å². The highest BCUT2D eigenvalue weighted by Crippen LogP contribution is 2.66. The smallest absolute Gasteiger partial charge is 0.258 e. The average Bonchev–Trinajstić information content (AvgIpc) is 3.45. The topological polar surface area (TPSA) is 124 Å². The van der Waals surface area contributed by atoms with Crippen LogP contribution in [0.15, 0.2) is 52.5 Å². The lowest BCUT2D eigenvalue weighted by Crippen LogP contribution is -2.60. The monoisotopic (exact) mass is 828 g/mol. The predicted octanol–water partition coefficient (Wildman–Crippen LogP) is 6.37. The van der Waals surface area contributed by atoms with Crippen LogP contribution in [0.4, 0.5) is 27.6 Å². The first-order valence-corrected chi connectivity index (χ1v) is 17.2. The second kappa shape index (κ2) is 12.4. The number of aromatic hydroxyl groups is 2. The molecule has 0 aromatic heterocycles. The molecule has 52 heavy (non-hydrogen) atoms. The number of hydrogen-bond acceptors (Lipinski definition) is 7. The number of hydrogen-bond donors (Lipinski definition) is 2. The number of carbonyl (C=O) groups excluding carboxylic acids is 4. The van der Waals surface area contributed by atoms with Gasteiger partial charge in [0.1, 0.15) is 11.4 Å². The van der Waals surface area contributed by atoms with E-state index in [0.717, 1.165) is 4.90 Å². The van der Waals surface area contributed by atoms with Crippen LogP contribution < -0.4 is 9.64 Å². The highest BCUT2D eigenvalue weighted by molar-refractivity contribution is 9.10. The first-order chi connectivity index (χ1) is 24.5. The molecule has 3 fully saturated rings. The lowest BCUT2D eigenvalue weighted by atomic mass is 9.56. The van der Waals surface area contributed by atoms with Crippen molar-refractivity contribution in [3.8, 4) is 17.2 Å². The molecule has 6 atom stereocenters. The van der Waals surface area contributed by atoms with Crippen molar-refractivity contribution in [1.29, 1.82) is 0 Å². The number of ether oxygens (including phenoxy) is 1. The van der Waals surface area contributed by atoms with Gasteiger partial charge >= 0.3 is 0 Å². The summed E-state index contributed by atoms with van der Waals surface area (Å²) in [6, 6.07) is 8.71. The van der Waals surface area contributed by atoms with Gasteiger partial charge in [-0.3, -0.25) is 24.1 Å². The summed E-state index contributed by atoms with van der Waals surface area (Å²) in [4.78, 5) is 52.0. The molecule has 9 nitrogen and oxygen atoms in total. The predicted molar refractivity (Wildman–Crippen MR) is 177 cm³/mol. The molecule has 17 heteroatoms. The number of fused-ring (bicyclic) bond motifs is 4. The molecule has 3 aromatic rings. The summed E-state index contributed by atoms with van der Waals surface area (Å²) >= 11 is 17.5.